The first-order valence-electron chi connectivity index (χ1n) is 18.5. The number of nitrogens with one attached hydrogen (secondary N) is 1. The van der Waals surface area contributed by atoms with Crippen LogP contribution in [0.25, 0.3) is 11.3 Å². The lowest BCUT2D eigenvalue weighted by Gasteiger charge is -2.34. The molecule has 0 spiro atoms. The van der Waals surface area contributed by atoms with Crippen molar-refractivity contribution in [1.29, 1.82) is 5.26 Å². The number of halogens is 1. The van der Waals surface area contributed by atoms with Gasteiger partial charge in [0.15, 0.2) is 0 Å². The number of nitriles is 1. The highest BCUT2D eigenvalue weighted by molar-refractivity contribution is 6.32. The van der Waals surface area contributed by atoms with Crippen molar-refractivity contribution < 1.29 is 28.7 Å². The van der Waals surface area contributed by atoms with E-state index in [-0.39, 0.29) is 35.7 Å². The molecule has 2 aromatic heterocycles. The summed E-state index contributed by atoms with van der Waals surface area (Å²) in [5, 5.41) is 21.0. The highest BCUT2D eigenvalue weighted by Gasteiger charge is 2.44. The molecule has 7 rings (SSSR count). The van der Waals surface area contributed by atoms with Gasteiger partial charge in [0.25, 0.3) is 17.7 Å². The second-order valence-corrected chi connectivity index (χ2v) is 14.6. The standard InChI is InChI=1S/C39H41ClN10O6/c1-24(22-48-12-10-32(44-48)25-4-5-26(21-41)31(40)18-25)50-27(19-33(45-50)36(42)52)23-47-15-13-46(14-16-47)11-2-3-17-56-28-6-7-29-30(20-28)39(55)49(38(29)54)34-8-9-35(51)43-37(34)53/h4-7,10,12,18-20,24,34H,2-3,8-9,11,13-17,22-23H2,1H3,(H2,42,52)(H,43,51,53)/t24-,34?/m1/s1. The van der Waals surface area contributed by atoms with Crippen LogP contribution in [0.2, 0.25) is 5.02 Å². The molecule has 2 fully saturated rings. The van der Waals surface area contributed by atoms with Gasteiger partial charge in [0, 0.05) is 50.9 Å². The van der Waals surface area contributed by atoms with Gasteiger partial charge in [-0.05, 0) is 75.2 Å². The van der Waals surface area contributed by atoms with Crippen LogP contribution in [0.4, 0.5) is 0 Å². The fraction of sp³-hybridized carbons (Fsp3) is 0.385. The molecule has 2 aromatic carbocycles. The molecule has 3 aliphatic heterocycles. The molecule has 3 N–H and O–H groups in total. The second kappa shape index (κ2) is 16.5. The van der Waals surface area contributed by atoms with E-state index in [2.05, 4.69) is 26.3 Å². The molecule has 16 nitrogen and oxygen atoms in total. The van der Waals surface area contributed by atoms with Gasteiger partial charge in [-0.25, -0.2) is 0 Å². The molecule has 3 aliphatic rings. The molecular formula is C39H41ClN10O6. The van der Waals surface area contributed by atoms with E-state index in [1.54, 1.807) is 36.4 Å². The topological polar surface area (TPSA) is 202 Å². The number of carbonyl (C=O) groups is 5. The largest absolute Gasteiger partial charge is 0.494 e. The average molecular weight is 781 g/mol. The Bertz CT molecular complexity index is 2240. The molecule has 0 radical (unpaired) electrons. The van der Waals surface area contributed by atoms with Crippen molar-refractivity contribution in [3.8, 4) is 23.1 Å². The van der Waals surface area contributed by atoms with Gasteiger partial charge in [-0.15, -0.1) is 0 Å². The van der Waals surface area contributed by atoms with Crippen molar-refractivity contribution in [1.82, 2.24) is 39.6 Å². The van der Waals surface area contributed by atoms with Gasteiger partial charge in [-0.3, -0.25) is 48.5 Å². The monoisotopic (exact) mass is 780 g/mol. The van der Waals surface area contributed by atoms with Crippen molar-refractivity contribution in [2.75, 3.05) is 39.3 Å². The van der Waals surface area contributed by atoms with Crippen LogP contribution in [0.3, 0.4) is 0 Å². The van der Waals surface area contributed by atoms with Crippen LogP contribution in [0.5, 0.6) is 5.75 Å². The Morgan fingerprint density at radius 3 is 2.50 bits per heavy atom. The molecule has 0 saturated carbocycles. The van der Waals surface area contributed by atoms with Crippen LogP contribution in [-0.2, 0) is 22.7 Å². The van der Waals surface area contributed by atoms with E-state index in [0.717, 1.165) is 67.4 Å². The lowest BCUT2D eigenvalue weighted by Crippen LogP contribution is -2.54. The molecular weight excluding hydrogens is 740 g/mol. The summed E-state index contributed by atoms with van der Waals surface area (Å²) in [5.74, 6) is -2.28. The van der Waals surface area contributed by atoms with Crippen LogP contribution in [0.1, 0.15) is 81.1 Å². The molecule has 56 heavy (non-hydrogen) atoms. The molecule has 4 aromatic rings. The second-order valence-electron chi connectivity index (χ2n) is 14.2. The Morgan fingerprint density at radius 2 is 1.77 bits per heavy atom. The number of carbonyl (C=O) groups excluding carboxylic acids is 5. The Balaban J connectivity index is 0.863. The highest BCUT2D eigenvalue weighted by atomic mass is 35.5. The Labute approximate surface area is 327 Å². The highest BCUT2D eigenvalue weighted by Crippen LogP contribution is 2.30. The van der Waals surface area contributed by atoms with Crippen molar-refractivity contribution in [2.24, 2.45) is 5.73 Å². The maximum Gasteiger partial charge on any atom is 0.269 e. The first-order valence-corrected chi connectivity index (χ1v) is 18.9. The van der Waals surface area contributed by atoms with Crippen molar-refractivity contribution in [3.63, 3.8) is 0 Å². The number of unbranched alkanes of at least 4 members (excludes halogenated alkanes) is 1. The van der Waals surface area contributed by atoms with Crippen LogP contribution in [0.15, 0.2) is 54.7 Å². The minimum atomic E-state index is -1.01. The van der Waals surface area contributed by atoms with E-state index in [1.165, 1.54) is 0 Å². The third-order valence-electron chi connectivity index (χ3n) is 10.4. The number of fused-ring (bicyclic) bond motifs is 1. The quantitative estimate of drug-likeness (QED) is 0.141. The van der Waals surface area contributed by atoms with E-state index >= 15 is 0 Å². The summed E-state index contributed by atoms with van der Waals surface area (Å²) in [6, 6.07) is 14.5. The van der Waals surface area contributed by atoms with Gasteiger partial charge in [0.2, 0.25) is 11.8 Å². The summed E-state index contributed by atoms with van der Waals surface area (Å²) in [6.07, 6.45) is 3.74. The van der Waals surface area contributed by atoms with Gasteiger partial charge in [0.1, 0.15) is 23.6 Å². The molecule has 290 valence electrons. The van der Waals surface area contributed by atoms with E-state index in [0.29, 0.717) is 36.0 Å². The van der Waals surface area contributed by atoms with E-state index < -0.39 is 35.6 Å². The number of benzene rings is 2. The number of amides is 5. The number of hydrogen-bond acceptors (Lipinski definition) is 11. The van der Waals surface area contributed by atoms with Crippen molar-refractivity contribution >= 4 is 41.1 Å². The van der Waals surface area contributed by atoms with E-state index in [4.69, 9.17) is 27.2 Å². The fourth-order valence-corrected chi connectivity index (χ4v) is 7.57. The number of imide groups is 2. The number of aromatic nitrogens is 4. The normalized spacial score (nSPS) is 18.2. The summed E-state index contributed by atoms with van der Waals surface area (Å²) in [6.45, 7) is 7.92. The molecule has 0 bridgehead atoms. The number of hydrogen-bond donors (Lipinski definition) is 2. The van der Waals surface area contributed by atoms with E-state index in [9.17, 15) is 29.2 Å². The fourth-order valence-electron chi connectivity index (χ4n) is 7.35. The summed E-state index contributed by atoms with van der Waals surface area (Å²) in [4.78, 5) is 67.7. The maximum atomic E-state index is 13.1. The number of primary amides is 1. The predicted molar refractivity (Wildman–Crippen MR) is 202 cm³/mol. The van der Waals surface area contributed by atoms with Crippen molar-refractivity contribution in [2.45, 2.75) is 57.8 Å². The molecule has 5 heterocycles. The first-order chi connectivity index (χ1) is 27.0. The Morgan fingerprint density at radius 1 is 1.00 bits per heavy atom. The first kappa shape index (κ1) is 38.4. The molecule has 1 unspecified atom stereocenters. The molecule has 5 amide bonds. The summed E-state index contributed by atoms with van der Waals surface area (Å²) in [7, 11) is 0. The number of nitrogens with zero attached hydrogens (tertiary/aromatic N) is 8. The maximum absolute atomic E-state index is 13.1. The number of rotatable bonds is 14. The number of piperidine rings is 1. The summed E-state index contributed by atoms with van der Waals surface area (Å²) >= 11 is 6.23. The van der Waals surface area contributed by atoms with Crippen molar-refractivity contribution in [3.05, 3.63) is 87.8 Å². The minimum Gasteiger partial charge on any atom is -0.494 e. The Hall–Kier alpha value is -5.89. The Kier molecular flexibility index (Phi) is 11.3. The molecule has 2 saturated heterocycles. The van der Waals surface area contributed by atoms with Crippen LogP contribution in [-0.4, -0.2) is 109 Å². The molecule has 2 atom stereocenters. The average Bonchev–Trinajstić information content (AvgIpc) is 3.89. The van der Waals surface area contributed by atoms with Gasteiger partial charge >= 0.3 is 0 Å². The number of nitrogens with two attached hydrogens (primary N) is 1. The van der Waals surface area contributed by atoms with Crippen LogP contribution >= 0.6 is 11.6 Å². The zero-order valence-electron chi connectivity index (χ0n) is 30.8. The van der Waals surface area contributed by atoms with Gasteiger partial charge in [-0.2, -0.15) is 15.5 Å². The predicted octanol–water partition coefficient (Wildman–Crippen LogP) is 3.01. The van der Waals surface area contributed by atoms with Gasteiger partial charge < -0.3 is 15.4 Å². The number of piperazine rings is 1. The smallest absolute Gasteiger partial charge is 0.269 e. The third kappa shape index (κ3) is 8.20. The zero-order valence-corrected chi connectivity index (χ0v) is 31.6. The SMILES string of the molecule is C[C@H](Cn1ccc(-c2ccc(C#N)c(Cl)c2)n1)n1nc(C(N)=O)cc1CN1CCN(CCCCOc2ccc3c(c2)C(=O)N(C2CCC(=O)NC2=O)C3=O)CC1. The minimum absolute atomic E-state index is 0.0651. The third-order valence-corrected chi connectivity index (χ3v) is 10.7. The van der Waals surface area contributed by atoms with E-state index in [1.807, 2.05) is 34.6 Å². The summed E-state index contributed by atoms with van der Waals surface area (Å²) in [5.41, 5.74) is 9.09. The van der Waals surface area contributed by atoms with Gasteiger partial charge in [-0.1, -0.05) is 17.7 Å². The lowest BCUT2D eigenvalue weighted by molar-refractivity contribution is -0.136. The molecule has 17 heteroatoms. The number of ether oxygens (including phenoxy) is 1. The lowest BCUT2D eigenvalue weighted by atomic mass is 10.0. The summed E-state index contributed by atoms with van der Waals surface area (Å²) < 4.78 is 9.61. The zero-order chi connectivity index (χ0) is 39.5. The molecule has 0 aliphatic carbocycles. The van der Waals surface area contributed by atoms with Crippen LogP contribution in [0, 0.1) is 11.3 Å². The van der Waals surface area contributed by atoms with Gasteiger partial charge in [0.05, 0.1) is 52.3 Å². The van der Waals surface area contributed by atoms with Crippen LogP contribution < -0.4 is 15.8 Å².